The van der Waals surface area contributed by atoms with Gasteiger partial charge in [0.05, 0.1) is 5.41 Å². The van der Waals surface area contributed by atoms with E-state index in [4.69, 9.17) is 5.73 Å². The summed E-state index contributed by atoms with van der Waals surface area (Å²) in [5.74, 6) is -1.02. The van der Waals surface area contributed by atoms with Crippen LogP contribution in [0.3, 0.4) is 0 Å². The van der Waals surface area contributed by atoms with Crippen molar-refractivity contribution in [3.8, 4) is 0 Å². The summed E-state index contributed by atoms with van der Waals surface area (Å²) in [6.07, 6.45) is 0.484. The van der Waals surface area contributed by atoms with Crippen molar-refractivity contribution < 1.29 is 14.7 Å². The third-order valence-corrected chi connectivity index (χ3v) is 5.08. The van der Waals surface area contributed by atoms with Crippen molar-refractivity contribution in [3.05, 3.63) is 28.2 Å². The van der Waals surface area contributed by atoms with Crippen LogP contribution in [0.5, 0.6) is 0 Å². The zero-order valence-electron chi connectivity index (χ0n) is 12.1. The Bertz CT molecular complexity index is 588. The van der Waals surface area contributed by atoms with Gasteiger partial charge in [-0.1, -0.05) is 13.8 Å². The standard InChI is InChI=1S/C15H19BrN2O3/c1-9(2)15(14(20)21)5-6-18(8-15)13(19)10-3-4-11(16)12(17)7-10/h3-4,7,9H,5-6,8,17H2,1-2H3,(H,20,21). The predicted octanol–water partition coefficient (Wildman–Crippen LogP) is 2.60. The second-order valence-electron chi connectivity index (χ2n) is 5.83. The van der Waals surface area contributed by atoms with Crippen molar-refractivity contribution in [1.29, 1.82) is 0 Å². The molecule has 1 aliphatic heterocycles. The first-order valence-corrected chi connectivity index (χ1v) is 7.65. The molecule has 0 saturated carbocycles. The van der Waals surface area contributed by atoms with E-state index in [1.165, 1.54) is 0 Å². The second kappa shape index (κ2) is 5.67. The average Bonchev–Trinajstić information content (AvgIpc) is 2.87. The van der Waals surface area contributed by atoms with E-state index < -0.39 is 11.4 Å². The summed E-state index contributed by atoms with van der Waals surface area (Å²) in [4.78, 5) is 25.7. The number of likely N-dealkylation sites (tertiary alicyclic amines) is 1. The van der Waals surface area contributed by atoms with Gasteiger partial charge in [-0.2, -0.15) is 0 Å². The molecule has 1 fully saturated rings. The van der Waals surface area contributed by atoms with E-state index in [1.54, 1.807) is 23.1 Å². The number of halogens is 1. The summed E-state index contributed by atoms with van der Waals surface area (Å²) in [5.41, 5.74) is 5.93. The van der Waals surface area contributed by atoms with E-state index >= 15 is 0 Å². The van der Waals surface area contributed by atoms with Crippen molar-refractivity contribution >= 4 is 33.5 Å². The van der Waals surface area contributed by atoms with Crippen LogP contribution in [-0.2, 0) is 4.79 Å². The Morgan fingerprint density at radius 1 is 1.43 bits per heavy atom. The highest BCUT2D eigenvalue weighted by atomic mass is 79.9. The van der Waals surface area contributed by atoms with Crippen LogP contribution in [0.1, 0.15) is 30.6 Å². The van der Waals surface area contributed by atoms with Gasteiger partial charge in [0.25, 0.3) is 5.91 Å². The number of carbonyl (C=O) groups is 2. The van der Waals surface area contributed by atoms with Gasteiger partial charge in [0.1, 0.15) is 0 Å². The molecule has 21 heavy (non-hydrogen) atoms. The highest BCUT2D eigenvalue weighted by Gasteiger charge is 2.48. The fourth-order valence-electron chi connectivity index (χ4n) is 2.76. The van der Waals surface area contributed by atoms with Crippen LogP contribution in [0.2, 0.25) is 0 Å². The lowest BCUT2D eigenvalue weighted by molar-refractivity contribution is -0.150. The zero-order valence-corrected chi connectivity index (χ0v) is 13.7. The largest absolute Gasteiger partial charge is 0.481 e. The van der Waals surface area contributed by atoms with Crippen LogP contribution < -0.4 is 5.73 Å². The van der Waals surface area contributed by atoms with Gasteiger partial charge >= 0.3 is 5.97 Å². The van der Waals surface area contributed by atoms with Gasteiger partial charge < -0.3 is 15.7 Å². The quantitative estimate of drug-likeness (QED) is 0.817. The fourth-order valence-corrected chi connectivity index (χ4v) is 3.01. The van der Waals surface area contributed by atoms with Crippen LogP contribution in [0.15, 0.2) is 22.7 Å². The fraction of sp³-hybridized carbons (Fsp3) is 0.467. The molecule has 1 unspecified atom stereocenters. The minimum Gasteiger partial charge on any atom is -0.481 e. The number of aliphatic carboxylic acids is 1. The van der Waals surface area contributed by atoms with E-state index in [1.807, 2.05) is 13.8 Å². The molecule has 1 aromatic carbocycles. The van der Waals surface area contributed by atoms with Crippen LogP contribution in [0.4, 0.5) is 5.69 Å². The van der Waals surface area contributed by atoms with Crippen molar-refractivity contribution in [3.63, 3.8) is 0 Å². The Labute approximate surface area is 132 Å². The zero-order chi connectivity index (χ0) is 15.8. The maximum atomic E-state index is 12.5. The van der Waals surface area contributed by atoms with Crippen LogP contribution in [-0.4, -0.2) is 35.0 Å². The van der Waals surface area contributed by atoms with Crippen molar-refractivity contribution in [2.75, 3.05) is 18.8 Å². The number of nitrogens with zero attached hydrogens (tertiary/aromatic N) is 1. The van der Waals surface area contributed by atoms with Gasteiger partial charge in [-0.15, -0.1) is 0 Å². The number of hydrogen-bond donors (Lipinski definition) is 2. The third kappa shape index (κ3) is 2.77. The summed E-state index contributed by atoms with van der Waals surface area (Å²) in [6, 6.07) is 5.03. The minimum atomic E-state index is -0.851. The summed E-state index contributed by atoms with van der Waals surface area (Å²) in [7, 11) is 0. The average molecular weight is 355 g/mol. The molecule has 0 aliphatic carbocycles. The highest BCUT2D eigenvalue weighted by Crippen LogP contribution is 2.38. The smallest absolute Gasteiger partial charge is 0.311 e. The first-order chi connectivity index (χ1) is 9.78. The topological polar surface area (TPSA) is 83.6 Å². The van der Waals surface area contributed by atoms with Gasteiger partial charge in [-0.3, -0.25) is 9.59 Å². The SMILES string of the molecule is CC(C)C1(C(=O)O)CCN(C(=O)c2ccc(Br)c(N)c2)C1. The van der Waals surface area contributed by atoms with Gasteiger partial charge in [-0.25, -0.2) is 0 Å². The molecule has 1 heterocycles. The summed E-state index contributed by atoms with van der Waals surface area (Å²) >= 11 is 3.29. The van der Waals surface area contributed by atoms with Gasteiger partial charge in [0.15, 0.2) is 0 Å². The first kappa shape index (κ1) is 15.8. The second-order valence-corrected chi connectivity index (χ2v) is 6.68. The number of hydrogen-bond acceptors (Lipinski definition) is 3. The van der Waals surface area contributed by atoms with Crippen LogP contribution in [0.25, 0.3) is 0 Å². The highest BCUT2D eigenvalue weighted by molar-refractivity contribution is 9.10. The Morgan fingerprint density at radius 2 is 2.10 bits per heavy atom. The molecule has 1 aliphatic rings. The monoisotopic (exact) mass is 354 g/mol. The minimum absolute atomic E-state index is 0.0252. The number of carboxylic acid groups (broad SMARTS) is 1. The van der Waals surface area contributed by atoms with E-state index in [-0.39, 0.29) is 18.4 Å². The maximum absolute atomic E-state index is 12.5. The number of nitrogens with two attached hydrogens (primary N) is 1. The van der Waals surface area contributed by atoms with Gasteiger partial charge in [-0.05, 0) is 46.5 Å². The molecule has 1 aromatic rings. The van der Waals surface area contributed by atoms with Crippen LogP contribution in [0, 0.1) is 11.3 Å². The maximum Gasteiger partial charge on any atom is 0.311 e. The molecular weight excluding hydrogens is 336 g/mol. The van der Waals surface area contributed by atoms with Gasteiger partial charge in [0.2, 0.25) is 0 Å². The number of anilines is 1. The Balaban J connectivity index is 2.22. The molecule has 1 amide bonds. The van der Waals surface area contributed by atoms with Crippen LogP contribution >= 0.6 is 15.9 Å². The first-order valence-electron chi connectivity index (χ1n) is 6.85. The molecule has 114 valence electrons. The normalized spacial score (nSPS) is 21.8. The molecule has 0 bridgehead atoms. The van der Waals surface area contributed by atoms with E-state index in [0.29, 0.717) is 24.2 Å². The number of amides is 1. The molecule has 0 spiro atoms. The van der Waals surface area contributed by atoms with Gasteiger partial charge in [0, 0.05) is 28.8 Å². The Morgan fingerprint density at radius 3 is 2.57 bits per heavy atom. The number of rotatable bonds is 3. The third-order valence-electron chi connectivity index (χ3n) is 4.36. The van der Waals surface area contributed by atoms with E-state index in [2.05, 4.69) is 15.9 Å². The Hall–Kier alpha value is -1.56. The summed E-state index contributed by atoms with van der Waals surface area (Å²) < 4.78 is 0.738. The lowest BCUT2D eigenvalue weighted by atomic mass is 9.76. The molecule has 0 radical (unpaired) electrons. The van der Waals surface area contributed by atoms with Crippen molar-refractivity contribution in [2.24, 2.45) is 11.3 Å². The van der Waals surface area contributed by atoms with Crippen molar-refractivity contribution in [2.45, 2.75) is 20.3 Å². The molecule has 5 nitrogen and oxygen atoms in total. The molecule has 2 rings (SSSR count). The Kier molecular flexibility index (Phi) is 4.27. The van der Waals surface area contributed by atoms with Crippen molar-refractivity contribution in [1.82, 2.24) is 4.90 Å². The molecule has 1 saturated heterocycles. The molecule has 3 N–H and O–H groups in total. The lowest BCUT2D eigenvalue weighted by Crippen LogP contribution is -2.40. The summed E-state index contributed by atoms with van der Waals surface area (Å²) in [5, 5.41) is 9.52. The van der Waals surface area contributed by atoms with E-state index in [0.717, 1.165) is 4.47 Å². The van der Waals surface area contributed by atoms with E-state index in [9.17, 15) is 14.7 Å². The number of benzene rings is 1. The molecule has 0 aromatic heterocycles. The molecule has 1 atom stereocenters. The molecular formula is C15H19BrN2O3. The summed E-state index contributed by atoms with van der Waals surface area (Å²) in [6.45, 7) is 4.48. The lowest BCUT2D eigenvalue weighted by Gasteiger charge is -2.28. The predicted molar refractivity (Wildman–Crippen MR) is 84.0 cm³/mol. The number of carbonyl (C=O) groups excluding carboxylic acids is 1. The molecule has 6 heteroatoms. The number of carboxylic acids is 1. The number of nitrogen functional groups attached to an aromatic ring is 1.